The van der Waals surface area contributed by atoms with Crippen LogP contribution in [0.4, 0.5) is 0 Å². The molecule has 13 aromatic rings. The summed E-state index contributed by atoms with van der Waals surface area (Å²) in [4.78, 5) is 0. The molecule has 10 aromatic carbocycles. The average Bonchev–Trinajstić information content (AvgIpc) is 4.05. The monoisotopic (exact) mass is 827 g/mol. The van der Waals surface area contributed by atoms with Gasteiger partial charge in [-0.2, -0.15) is 0 Å². The Kier molecular flexibility index (Phi) is 8.53. The van der Waals surface area contributed by atoms with Crippen molar-refractivity contribution in [2.45, 2.75) is 0 Å². The molecule has 3 aromatic heterocycles. The first-order chi connectivity index (χ1) is 32.2. The van der Waals surface area contributed by atoms with Crippen molar-refractivity contribution >= 4 is 54.5 Å². The Bertz CT molecular complexity index is 3620. The zero-order valence-electron chi connectivity index (χ0n) is 35.5. The van der Waals surface area contributed by atoms with Crippen LogP contribution >= 0.6 is 0 Å². The quantitative estimate of drug-likeness (QED) is 0.152. The Balaban J connectivity index is 0.929. The van der Waals surface area contributed by atoms with Gasteiger partial charge in [-0.25, -0.2) is 0 Å². The summed E-state index contributed by atoms with van der Waals surface area (Å²) in [6, 6.07) is 90.7. The molecule has 0 saturated carbocycles. The summed E-state index contributed by atoms with van der Waals surface area (Å²) >= 11 is 0. The van der Waals surface area contributed by atoms with Crippen molar-refractivity contribution in [1.82, 2.24) is 13.7 Å². The number of benzene rings is 10. The van der Waals surface area contributed by atoms with Crippen LogP contribution < -0.4 is 0 Å². The zero-order valence-corrected chi connectivity index (χ0v) is 35.5. The molecule has 0 unspecified atom stereocenters. The van der Waals surface area contributed by atoms with Gasteiger partial charge in [0.15, 0.2) is 0 Å². The lowest BCUT2D eigenvalue weighted by Gasteiger charge is -2.15. The van der Waals surface area contributed by atoms with Crippen molar-refractivity contribution in [1.29, 1.82) is 0 Å². The average molecular weight is 828 g/mol. The summed E-state index contributed by atoms with van der Waals surface area (Å²) in [5.41, 5.74) is 18.8. The van der Waals surface area contributed by atoms with Crippen LogP contribution in [0.2, 0.25) is 0 Å². The molecule has 0 atom stereocenters. The first kappa shape index (κ1) is 36.9. The third kappa shape index (κ3) is 6.12. The summed E-state index contributed by atoms with van der Waals surface area (Å²) < 4.78 is 7.15. The number of hydrogen-bond acceptors (Lipinski definition) is 0. The highest BCUT2D eigenvalue weighted by Gasteiger charge is 2.16. The predicted molar refractivity (Wildman–Crippen MR) is 274 cm³/mol. The maximum absolute atomic E-state index is 2.38. The molecule has 3 heteroatoms. The zero-order chi connectivity index (χ0) is 42.8. The molecule has 304 valence electrons. The summed E-state index contributed by atoms with van der Waals surface area (Å²) in [6.45, 7) is 0. The van der Waals surface area contributed by atoms with Gasteiger partial charge in [0.05, 0.1) is 33.3 Å². The second-order valence-electron chi connectivity index (χ2n) is 17.0. The normalized spacial score (nSPS) is 11.7. The highest BCUT2D eigenvalue weighted by molar-refractivity contribution is 6.10. The van der Waals surface area contributed by atoms with Crippen LogP contribution in [0.25, 0.3) is 116 Å². The molecule has 0 spiro atoms. The fourth-order valence-corrected chi connectivity index (χ4v) is 10.2. The molecule has 3 heterocycles. The van der Waals surface area contributed by atoms with E-state index >= 15 is 0 Å². The van der Waals surface area contributed by atoms with Crippen LogP contribution in [0.3, 0.4) is 0 Å². The molecule has 0 N–H and O–H groups in total. The number of para-hydroxylation sites is 5. The molecule has 13 rings (SSSR count). The molecule has 0 fully saturated rings. The summed E-state index contributed by atoms with van der Waals surface area (Å²) in [5, 5.41) is 6.28. The van der Waals surface area contributed by atoms with Crippen molar-refractivity contribution in [3.05, 3.63) is 249 Å². The lowest BCUT2D eigenvalue weighted by molar-refractivity contribution is 1.13. The smallest absolute Gasteiger partial charge is 0.0541 e. The molecular formula is C62H41N3. The molecule has 0 aliphatic rings. The second-order valence-corrected chi connectivity index (χ2v) is 17.0. The molecule has 3 nitrogen and oxygen atoms in total. The van der Waals surface area contributed by atoms with E-state index in [1.165, 1.54) is 99.2 Å². The highest BCUT2D eigenvalue weighted by Crippen LogP contribution is 2.38. The molecule has 0 bridgehead atoms. The van der Waals surface area contributed by atoms with E-state index in [9.17, 15) is 0 Å². The number of rotatable bonds is 7. The van der Waals surface area contributed by atoms with Gasteiger partial charge in [-0.05, 0) is 130 Å². The van der Waals surface area contributed by atoms with Gasteiger partial charge >= 0.3 is 0 Å². The van der Waals surface area contributed by atoms with E-state index in [1.54, 1.807) is 0 Å². The molecule has 0 amide bonds. The second kappa shape index (κ2) is 15.0. The number of hydrogen-bond donors (Lipinski definition) is 0. The molecule has 0 saturated heterocycles. The SMILES string of the molecule is c1ccc(-c2cc3ccccc3n2-c2ccc(-c3cc(-c4ccc(-n5c6ccccc6c6ccccc65)cc4)cc(-c4ccc(-n5c6ccccc6c6ccccc65)cc4)c3)cc2)cc1. The van der Waals surface area contributed by atoms with E-state index in [-0.39, 0.29) is 0 Å². The van der Waals surface area contributed by atoms with Crippen LogP contribution in [-0.4, -0.2) is 13.7 Å². The van der Waals surface area contributed by atoms with Crippen LogP contribution in [0.15, 0.2) is 249 Å². The van der Waals surface area contributed by atoms with E-state index in [0.717, 1.165) is 17.1 Å². The van der Waals surface area contributed by atoms with Gasteiger partial charge in [0.1, 0.15) is 0 Å². The van der Waals surface area contributed by atoms with Crippen LogP contribution in [0.5, 0.6) is 0 Å². The molecule has 65 heavy (non-hydrogen) atoms. The van der Waals surface area contributed by atoms with E-state index in [0.29, 0.717) is 0 Å². The van der Waals surface area contributed by atoms with Gasteiger partial charge in [-0.1, -0.05) is 158 Å². The van der Waals surface area contributed by atoms with Crippen molar-refractivity contribution in [3.8, 4) is 61.7 Å². The van der Waals surface area contributed by atoms with Crippen LogP contribution in [0, 0.1) is 0 Å². The summed E-state index contributed by atoms with van der Waals surface area (Å²) in [7, 11) is 0. The first-order valence-electron chi connectivity index (χ1n) is 22.3. The Labute approximate surface area is 376 Å². The third-order valence-corrected chi connectivity index (χ3v) is 13.3. The van der Waals surface area contributed by atoms with Gasteiger partial charge in [0.25, 0.3) is 0 Å². The summed E-state index contributed by atoms with van der Waals surface area (Å²) in [5.74, 6) is 0. The summed E-state index contributed by atoms with van der Waals surface area (Å²) in [6.07, 6.45) is 0. The van der Waals surface area contributed by atoms with E-state index in [1.807, 2.05) is 0 Å². The Morgan fingerprint density at radius 3 is 0.923 bits per heavy atom. The number of fused-ring (bicyclic) bond motifs is 7. The number of nitrogens with zero attached hydrogens (tertiary/aromatic N) is 3. The van der Waals surface area contributed by atoms with Gasteiger partial charge < -0.3 is 13.7 Å². The minimum Gasteiger partial charge on any atom is -0.309 e. The standard InChI is InChI=1S/C62H41N3/c1-2-14-45(15-3-1)62-41-46-16-4-9-21-57(46)63(62)50-32-26-42(27-33-50)47-38-48(43-28-34-51(35-29-43)64-58-22-10-5-17-53(58)54-18-6-11-23-59(54)64)40-49(39-47)44-30-36-52(37-31-44)65-60-24-12-7-19-55(60)56-20-8-13-25-61(56)65/h1-41H. The molecule has 0 radical (unpaired) electrons. The van der Waals surface area contributed by atoms with Crippen LogP contribution in [-0.2, 0) is 0 Å². The van der Waals surface area contributed by atoms with Crippen molar-refractivity contribution in [2.75, 3.05) is 0 Å². The fourth-order valence-electron chi connectivity index (χ4n) is 10.2. The minimum atomic E-state index is 1.13. The van der Waals surface area contributed by atoms with Gasteiger partial charge in [0, 0.05) is 44.0 Å². The van der Waals surface area contributed by atoms with Crippen molar-refractivity contribution < 1.29 is 0 Å². The van der Waals surface area contributed by atoms with Crippen molar-refractivity contribution in [2.24, 2.45) is 0 Å². The largest absolute Gasteiger partial charge is 0.309 e. The van der Waals surface area contributed by atoms with Gasteiger partial charge in [-0.3, -0.25) is 0 Å². The highest BCUT2D eigenvalue weighted by atomic mass is 15.0. The Morgan fingerprint density at radius 1 is 0.200 bits per heavy atom. The predicted octanol–water partition coefficient (Wildman–Crippen LogP) is 16.5. The maximum atomic E-state index is 2.38. The van der Waals surface area contributed by atoms with E-state index in [4.69, 9.17) is 0 Å². The molecular weight excluding hydrogens is 787 g/mol. The maximum Gasteiger partial charge on any atom is 0.0541 e. The van der Waals surface area contributed by atoms with Crippen LogP contribution in [0.1, 0.15) is 0 Å². The topological polar surface area (TPSA) is 14.8 Å². The van der Waals surface area contributed by atoms with E-state index < -0.39 is 0 Å². The van der Waals surface area contributed by atoms with Gasteiger partial charge in [0.2, 0.25) is 0 Å². The number of aromatic nitrogens is 3. The minimum absolute atomic E-state index is 1.13. The lowest BCUT2D eigenvalue weighted by Crippen LogP contribution is -1.97. The van der Waals surface area contributed by atoms with Gasteiger partial charge in [-0.15, -0.1) is 0 Å². The lowest BCUT2D eigenvalue weighted by atomic mass is 9.93. The Hall–Kier alpha value is -8.66. The van der Waals surface area contributed by atoms with Crippen molar-refractivity contribution in [3.63, 3.8) is 0 Å². The molecule has 0 aliphatic carbocycles. The third-order valence-electron chi connectivity index (χ3n) is 13.3. The van der Waals surface area contributed by atoms with E-state index in [2.05, 4.69) is 262 Å². The fraction of sp³-hybridized carbons (Fsp3) is 0. The first-order valence-corrected chi connectivity index (χ1v) is 22.3. The molecule has 0 aliphatic heterocycles. The Morgan fingerprint density at radius 2 is 0.523 bits per heavy atom.